The van der Waals surface area contributed by atoms with E-state index in [2.05, 4.69) is 35.8 Å². The zero-order valence-corrected chi connectivity index (χ0v) is 15.1. The van der Waals surface area contributed by atoms with Crippen LogP contribution in [0.25, 0.3) is 16.6 Å². The zero-order chi connectivity index (χ0) is 19.7. The lowest BCUT2D eigenvalue weighted by molar-refractivity contribution is 0.0946. The van der Waals surface area contributed by atoms with E-state index in [0.29, 0.717) is 11.4 Å². The number of nitrogens with zero attached hydrogens (tertiary/aromatic N) is 6. The molecular weight excluding hydrogens is 360 g/mol. The second kappa shape index (κ2) is 6.91. The number of nitrogens with one attached hydrogen (secondary N) is 1. The van der Waals surface area contributed by atoms with Crippen molar-refractivity contribution in [2.24, 2.45) is 5.10 Å². The molecule has 0 fully saturated rings. The highest BCUT2D eigenvalue weighted by atomic mass is 16.6. The van der Waals surface area contributed by atoms with Crippen LogP contribution in [0.5, 0.6) is 0 Å². The Morgan fingerprint density at radius 1 is 1.18 bits per heavy atom. The van der Waals surface area contributed by atoms with Gasteiger partial charge in [-0.05, 0) is 46.6 Å². The highest BCUT2D eigenvalue weighted by molar-refractivity contribution is 6.03. The summed E-state index contributed by atoms with van der Waals surface area (Å²) in [7, 11) is 0. The number of carbonyl (C=O) groups is 1. The van der Waals surface area contributed by atoms with Crippen LogP contribution >= 0.6 is 0 Å². The number of aromatic nitrogens is 5. The molecule has 28 heavy (non-hydrogen) atoms. The van der Waals surface area contributed by atoms with Gasteiger partial charge in [-0.15, -0.1) is 5.10 Å². The molecular formula is C18H16N8O2. The van der Waals surface area contributed by atoms with E-state index in [1.807, 2.05) is 49.4 Å². The Kier molecular flexibility index (Phi) is 4.28. The minimum Gasteiger partial charge on any atom is -0.378 e. The molecule has 0 unspecified atom stereocenters. The van der Waals surface area contributed by atoms with Gasteiger partial charge < -0.3 is 5.73 Å². The first-order valence-corrected chi connectivity index (χ1v) is 8.39. The maximum atomic E-state index is 12.7. The maximum Gasteiger partial charge on any atom is 0.292 e. The third kappa shape index (κ3) is 3.07. The largest absolute Gasteiger partial charge is 0.378 e. The number of anilines is 1. The van der Waals surface area contributed by atoms with Crippen molar-refractivity contribution < 1.29 is 9.42 Å². The van der Waals surface area contributed by atoms with Crippen molar-refractivity contribution in [2.75, 3.05) is 5.73 Å². The number of benzene rings is 2. The molecule has 0 radical (unpaired) electrons. The molecule has 0 aliphatic heterocycles. The molecule has 1 amide bonds. The highest BCUT2D eigenvalue weighted by Crippen LogP contribution is 2.17. The molecule has 3 N–H and O–H groups in total. The molecule has 4 rings (SSSR count). The van der Waals surface area contributed by atoms with Crippen LogP contribution in [0.1, 0.15) is 28.7 Å². The van der Waals surface area contributed by atoms with Crippen molar-refractivity contribution in [3.8, 4) is 5.82 Å². The van der Waals surface area contributed by atoms with Gasteiger partial charge in [0.15, 0.2) is 5.69 Å². The minimum atomic E-state index is -0.509. The number of fused-ring (bicyclic) bond motifs is 1. The van der Waals surface area contributed by atoms with Gasteiger partial charge >= 0.3 is 0 Å². The summed E-state index contributed by atoms with van der Waals surface area (Å²) in [6.45, 7) is 3.45. The smallest absolute Gasteiger partial charge is 0.292 e. The van der Waals surface area contributed by atoms with E-state index in [-0.39, 0.29) is 17.3 Å². The summed E-state index contributed by atoms with van der Waals surface area (Å²) >= 11 is 0. The van der Waals surface area contributed by atoms with E-state index >= 15 is 0 Å². The van der Waals surface area contributed by atoms with Crippen LogP contribution in [-0.4, -0.2) is 36.9 Å². The molecule has 2 heterocycles. The topological polar surface area (TPSA) is 137 Å². The van der Waals surface area contributed by atoms with Crippen LogP contribution in [-0.2, 0) is 0 Å². The van der Waals surface area contributed by atoms with Crippen molar-refractivity contribution >= 4 is 28.2 Å². The van der Waals surface area contributed by atoms with Crippen molar-refractivity contribution in [3.05, 3.63) is 59.4 Å². The second-order valence-electron chi connectivity index (χ2n) is 6.11. The second-order valence-corrected chi connectivity index (χ2v) is 6.11. The maximum absolute atomic E-state index is 12.7. The van der Waals surface area contributed by atoms with E-state index in [0.717, 1.165) is 21.0 Å². The Bertz CT molecular complexity index is 1210. The predicted molar refractivity (Wildman–Crippen MR) is 102 cm³/mol. The molecule has 0 saturated heterocycles. The molecule has 0 bridgehead atoms. The third-order valence-corrected chi connectivity index (χ3v) is 4.24. The van der Waals surface area contributed by atoms with Gasteiger partial charge in [-0.3, -0.25) is 4.79 Å². The molecule has 10 nitrogen and oxygen atoms in total. The Labute approximate surface area is 159 Å². The van der Waals surface area contributed by atoms with E-state index in [1.165, 1.54) is 0 Å². The van der Waals surface area contributed by atoms with E-state index in [9.17, 15) is 4.79 Å². The summed E-state index contributed by atoms with van der Waals surface area (Å²) in [6, 6.07) is 14.0. The molecule has 4 aromatic rings. The van der Waals surface area contributed by atoms with Gasteiger partial charge in [-0.25, -0.2) is 10.1 Å². The summed E-state index contributed by atoms with van der Waals surface area (Å²) in [5, 5.41) is 21.3. The lowest BCUT2D eigenvalue weighted by Gasteiger charge is -2.06. The van der Waals surface area contributed by atoms with Gasteiger partial charge in [0.25, 0.3) is 5.91 Å². The summed E-state index contributed by atoms with van der Waals surface area (Å²) in [5.74, 6) is -0.430. The average molecular weight is 376 g/mol. The van der Waals surface area contributed by atoms with Crippen LogP contribution in [0.15, 0.2) is 52.2 Å². The van der Waals surface area contributed by atoms with Crippen molar-refractivity contribution in [1.29, 1.82) is 0 Å². The molecule has 10 heteroatoms. The Morgan fingerprint density at radius 2 is 1.96 bits per heavy atom. The Balaban J connectivity index is 1.60. The number of hydrazone groups is 1. The summed E-state index contributed by atoms with van der Waals surface area (Å²) in [6.07, 6.45) is 0. The van der Waals surface area contributed by atoms with Gasteiger partial charge in [0.2, 0.25) is 11.6 Å². The predicted octanol–water partition coefficient (Wildman–Crippen LogP) is 1.85. The van der Waals surface area contributed by atoms with Crippen molar-refractivity contribution in [1.82, 2.24) is 30.7 Å². The first-order chi connectivity index (χ1) is 13.5. The third-order valence-electron chi connectivity index (χ3n) is 4.24. The molecule has 0 aliphatic carbocycles. The fraction of sp³-hybridized carbons (Fsp3) is 0.111. The van der Waals surface area contributed by atoms with Crippen LogP contribution in [0.4, 0.5) is 5.82 Å². The molecule has 0 aliphatic rings. The summed E-state index contributed by atoms with van der Waals surface area (Å²) in [5.41, 5.74) is 10.3. The van der Waals surface area contributed by atoms with Crippen molar-refractivity contribution in [3.63, 3.8) is 0 Å². The van der Waals surface area contributed by atoms with Gasteiger partial charge in [0, 0.05) is 0 Å². The normalized spacial score (nSPS) is 11.7. The van der Waals surface area contributed by atoms with Gasteiger partial charge in [-0.1, -0.05) is 41.6 Å². The van der Waals surface area contributed by atoms with Gasteiger partial charge in [0.05, 0.1) is 11.4 Å². The fourth-order valence-corrected chi connectivity index (χ4v) is 2.77. The quantitative estimate of drug-likeness (QED) is 0.409. The number of aryl methyl sites for hydroxylation is 1. The minimum absolute atomic E-state index is 0.00482. The number of nitrogen functional groups attached to an aromatic ring is 1. The number of rotatable bonds is 4. The van der Waals surface area contributed by atoms with Crippen LogP contribution in [0.2, 0.25) is 0 Å². The lowest BCUT2D eigenvalue weighted by Crippen LogP contribution is -2.24. The highest BCUT2D eigenvalue weighted by Gasteiger charge is 2.22. The summed E-state index contributed by atoms with van der Waals surface area (Å²) in [4.78, 5) is 12.7. The number of hydrogen-bond donors (Lipinski definition) is 2. The molecule has 2 aromatic heterocycles. The standard InChI is InChI=1S/C18H16N8O2/c1-10(13-8-7-12-5-3-4-6-14(12)9-13)20-22-18(27)15-11(2)21-25-26(15)17-16(19)23-28-24-17/h3-9H,1-2H3,(H2,19,23)(H,22,27)/b20-10+. The molecule has 0 atom stereocenters. The molecule has 0 saturated carbocycles. The van der Waals surface area contributed by atoms with Crippen LogP contribution < -0.4 is 11.2 Å². The first-order valence-electron chi connectivity index (χ1n) is 8.39. The van der Waals surface area contributed by atoms with Crippen LogP contribution in [0.3, 0.4) is 0 Å². The SMILES string of the molecule is C/C(=N\NC(=O)c1c(C)nnn1-c1nonc1N)c1ccc2ccccc2c1. The molecule has 2 aromatic carbocycles. The zero-order valence-electron chi connectivity index (χ0n) is 15.1. The average Bonchev–Trinajstić information content (AvgIpc) is 3.30. The van der Waals surface area contributed by atoms with Gasteiger partial charge in [0.1, 0.15) is 0 Å². The lowest BCUT2D eigenvalue weighted by atomic mass is 10.0. The Morgan fingerprint density at radius 3 is 2.71 bits per heavy atom. The van der Waals surface area contributed by atoms with E-state index < -0.39 is 5.91 Å². The number of hydrogen-bond acceptors (Lipinski definition) is 8. The molecule has 140 valence electrons. The van der Waals surface area contributed by atoms with Gasteiger partial charge in [-0.2, -0.15) is 9.78 Å². The Hall–Kier alpha value is -4.08. The number of amides is 1. The molecule has 0 spiro atoms. The number of carbonyl (C=O) groups excluding carboxylic acids is 1. The monoisotopic (exact) mass is 376 g/mol. The fourth-order valence-electron chi connectivity index (χ4n) is 2.77. The van der Waals surface area contributed by atoms with Crippen molar-refractivity contribution in [2.45, 2.75) is 13.8 Å². The van der Waals surface area contributed by atoms with E-state index in [4.69, 9.17) is 5.73 Å². The number of nitrogens with two attached hydrogens (primary N) is 1. The van der Waals surface area contributed by atoms with Crippen LogP contribution in [0, 0.1) is 6.92 Å². The van der Waals surface area contributed by atoms with E-state index in [1.54, 1.807) is 6.92 Å². The first kappa shape index (κ1) is 17.3. The summed E-state index contributed by atoms with van der Waals surface area (Å²) < 4.78 is 5.73.